The second-order valence-electron chi connectivity index (χ2n) is 6.91. The summed E-state index contributed by atoms with van der Waals surface area (Å²) in [6, 6.07) is 14.6. The molecule has 0 spiro atoms. The zero-order valence-electron chi connectivity index (χ0n) is 14.8. The van der Waals surface area contributed by atoms with Gasteiger partial charge in [0.05, 0.1) is 17.9 Å². The number of hydrogen-bond acceptors (Lipinski definition) is 3. The fourth-order valence-corrected chi connectivity index (χ4v) is 3.65. The molecule has 1 saturated heterocycles. The second kappa shape index (κ2) is 7.88. The van der Waals surface area contributed by atoms with Gasteiger partial charge in [0.25, 0.3) is 0 Å². The summed E-state index contributed by atoms with van der Waals surface area (Å²) in [6.07, 6.45) is -0.620. The van der Waals surface area contributed by atoms with Gasteiger partial charge < -0.3 is 15.1 Å². The number of carbonyl (C=O) groups is 2. The molecule has 0 aromatic heterocycles. The lowest BCUT2D eigenvalue weighted by molar-refractivity contribution is -0.148. The van der Waals surface area contributed by atoms with Crippen molar-refractivity contribution in [1.29, 1.82) is 0 Å². The van der Waals surface area contributed by atoms with Crippen molar-refractivity contribution in [1.82, 2.24) is 4.90 Å². The average Bonchev–Trinajstić information content (AvgIpc) is 2.68. The number of carboxylic acid groups (broad SMARTS) is 1. The van der Waals surface area contributed by atoms with E-state index >= 15 is 0 Å². The number of carbonyl (C=O) groups excluding carboxylic acids is 1. The van der Waals surface area contributed by atoms with Gasteiger partial charge in [0.15, 0.2) is 0 Å². The molecule has 1 amide bonds. The largest absolute Gasteiger partial charge is 0.481 e. The van der Waals surface area contributed by atoms with Crippen LogP contribution in [0.4, 0.5) is 4.39 Å². The lowest BCUT2D eigenvalue weighted by Crippen LogP contribution is -2.49. The highest BCUT2D eigenvalue weighted by atomic mass is 19.1. The van der Waals surface area contributed by atoms with Gasteiger partial charge in [-0.25, -0.2) is 4.39 Å². The number of aliphatic carboxylic acids is 1. The highest BCUT2D eigenvalue weighted by molar-refractivity contribution is 5.83. The van der Waals surface area contributed by atoms with Crippen molar-refractivity contribution in [2.24, 2.45) is 0 Å². The Morgan fingerprint density at radius 1 is 1.07 bits per heavy atom. The third-order valence-corrected chi connectivity index (χ3v) is 5.31. The number of benzene rings is 2. The maximum Gasteiger partial charge on any atom is 0.314 e. The topological polar surface area (TPSA) is 77.8 Å². The quantitative estimate of drug-likeness (QED) is 0.847. The number of likely N-dealkylation sites (tertiary alicyclic amines) is 1. The first-order chi connectivity index (χ1) is 12.9. The SMILES string of the molecule is O=C(CC(O)c1cccc(F)c1)N1CCC(C(=O)O)(c2ccccc2)CC1. The molecule has 6 heteroatoms. The predicted molar refractivity (Wildman–Crippen MR) is 97.5 cm³/mol. The van der Waals surface area contributed by atoms with Crippen molar-refractivity contribution in [3.63, 3.8) is 0 Å². The van der Waals surface area contributed by atoms with E-state index < -0.39 is 23.3 Å². The number of nitrogens with zero attached hydrogens (tertiary/aromatic N) is 1. The molecule has 1 heterocycles. The number of aliphatic hydroxyl groups excluding tert-OH is 1. The van der Waals surface area contributed by atoms with Crippen LogP contribution in [0.3, 0.4) is 0 Å². The van der Waals surface area contributed by atoms with Gasteiger partial charge in [-0.3, -0.25) is 9.59 Å². The van der Waals surface area contributed by atoms with Gasteiger partial charge in [-0.15, -0.1) is 0 Å². The van der Waals surface area contributed by atoms with E-state index in [2.05, 4.69) is 0 Å². The smallest absolute Gasteiger partial charge is 0.314 e. The van der Waals surface area contributed by atoms with Crippen LogP contribution in [0.2, 0.25) is 0 Å². The first-order valence-corrected chi connectivity index (χ1v) is 8.92. The lowest BCUT2D eigenvalue weighted by Gasteiger charge is -2.39. The first kappa shape index (κ1) is 19.0. The summed E-state index contributed by atoms with van der Waals surface area (Å²) in [6.45, 7) is 0.603. The molecule has 1 fully saturated rings. The molecule has 2 N–H and O–H groups in total. The van der Waals surface area contributed by atoms with Gasteiger partial charge in [-0.2, -0.15) is 0 Å². The maximum atomic E-state index is 13.3. The van der Waals surface area contributed by atoms with E-state index in [4.69, 9.17) is 0 Å². The number of carboxylic acids is 1. The summed E-state index contributed by atoms with van der Waals surface area (Å²) in [5.41, 5.74) is 0.0908. The number of aliphatic hydroxyl groups is 1. The Hall–Kier alpha value is -2.73. The van der Waals surface area contributed by atoms with Gasteiger partial charge in [0, 0.05) is 13.1 Å². The van der Waals surface area contributed by atoms with E-state index in [0.29, 0.717) is 31.5 Å². The summed E-state index contributed by atoms with van der Waals surface area (Å²) in [5, 5.41) is 20.0. The summed E-state index contributed by atoms with van der Waals surface area (Å²) in [5.74, 6) is -1.62. The molecule has 0 aliphatic carbocycles. The van der Waals surface area contributed by atoms with Gasteiger partial charge in [-0.1, -0.05) is 42.5 Å². The molecule has 3 rings (SSSR count). The van der Waals surface area contributed by atoms with Crippen LogP contribution in [-0.4, -0.2) is 40.1 Å². The molecule has 0 radical (unpaired) electrons. The van der Waals surface area contributed by atoms with Crippen molar-refractivity contribution in [2.75, 3.05) is 13.1 Å². The molecule has 0 saturated carbocycles. The molecule has 0 bridgehead atoms. The molecule has 1 unspecified atom stereocenters. The number of amides is 1. The summed E-state index contributed by atoms with van der Waals surface area (Å²) >= 11 is 0. The zero-order valence-corrected chi connectivity index (χ0v) is 14.8. The molecule has 142 valence electrons. The average molecular weight is 371 g/mol. The molecule has 27 heavy (non-hydrogen) atoms. The molecule has 2 aromatic rings. The number of piperidine rings is 1. The highest BCUT2D eigenvalue weighted by Gasteiger charge is 2.43. The second-order valence-corrected chi connectivity index (χ2v) is 6.91. The number of halogens is 1. The van der Waals surface area contributed by atoms with Gasteiger partial charge in [0.1, 0.15) is 5.82 Å². The molecule has 1 atom stereocenters. The van der Waals surface area contributed by atoms with E-state index in [9.17, 15) is 24.2 Å². The lowest BCUT2D eigenvalue weighted by atomic mass is 9.73. The summed E-state index contributed by atoms with van der Waals surface area (Å²) in [4.78, 5) is 26.1. The Bertz CT molecular complexity index is 816. The van der Waals surface area contributed by atoms with Crippen LogP contribution < -0.4 is 0 Å². The fourth-order valence-electron chi connectivity index (χ4n) is 3.65. The molecular formula is C21H22FNO4. The molecular weight excluding hydrogens is 349 g/mol. The fraction of sp³-hybridized carbons (Fsp3) is 0.333. The van der Waals surface area contributed by atoms with Crippen molar-refractivity contribution in [2.45, 2.75) is 30.8 Å². The molecule has 1 aliphatic rings. The van der Waals surface area contributed by atoms with Crippen LogP contribution in [0.25, 0.3) is 0 Å². The monoisotopic (exact) mass is 371 g/mol. The van der Waals surface area contributed by atoms with E-state index in [1.165, 1.54) is 18.2 Å². The standard InChI is InChI=1S/C21H22FNO4/c22-17-8-4-5-15(13-17)18(24)14-19(25)23-11-9-21(10-12-23,20(26)27)16-6-2-1-3-7-16/h1-8,13,18,24H,9-12,14H2,(H,26,27). The third kappa shape index (κ3) is 4.01. The van der Waals surface area contributed by atoms with E-state index in [1.807, 2.05) is 18.2 Å². The van der Waals surface area contributed by atoms with Crippen LogP contribution in [-0.2, 0) is 15.0 Å². The van der Waals surface area contributed by atoms with Gasteiger partial charge in [0.2, 0.25) is 5.91 Å². The zero-order chi connectivity index (χ0) is 19.4. The number of rotatable bonds is 5. The molecule has 5 nitrogen and oxygen atoms in total. The first-order valence-electron chi connectivity index (χ1n) is 8.92. The third-order valence-electron chi connectivity index (χ3n) is 5.31. The Kier molecular flexibility index (Phi) is 5.56. The van der Waals surface area contributed by atoms with Crippen LogP contribution in [0.15, 0.2) is 54.6 Å². The highest BCUT2D eigenvalue weighted by Crippen LogP contribution is 2.36. The molecule has 1 aliphatic heterocycles. The Morgan fingerprint density at radius 3 is 2.33 bits per heavy atom. The van der Waals surface area contributed by atoms with E-state index in [0.717, 1.165) is 5.56 Å². The van der Waals surface area contributed by atoms with Gasteiger partial charge >= 0.3 is 5.97 Å². The minimum Gasteiger partial charge on any atom is -0.481 e. The van der Waals surface area contributed by atoms with Crippen LogP contribution in [0.1, 0.15) is 36.5 Å². The summed E-state index contributed by atoms with van der Waals surface area (Å²) in [7, 11) is 0. The van der Waals surface area contributed by atoms with Crippen LogP contribution in [0.5, 0.6) is 0 Å². The number of hydrogen-bond donors (Lipinski definition) is 2. The van der Waals surface area contributed by atoms with Crippen molar-refractivity contribution in [3.05, 3.63) is 71.5 Å². The van der Waals surface area contributed by atoms with E-state index in [-0.39, 0.29) is 12.3 Å². The van der Waals surface area contributed by atoms with E-state index in [1.54, 1.807) is 23.1 Å². The maximum absolute atomic E-state index is 13.3. The van der Waals surface area contributed by atoms with Crippen LogP contribution >= 0.6 is 0 Å². The Morgan fingerprint density at radius 2 is 1.74 bits per heavy atom. The minimum absolute atomic E-state index is 0.158. The Labute approximate surface area is 157 Å². The van der Waals surface area contributed by atoms with Crippen molar-refractivity contribution in [3.8, 4) is 0 Å². The summed E-state index contributed by atoms with van der Waals surface area (Å²) < 4.78 is 13.3. The predicted octanol–water partition coefficient (Wildman–Crippen LogP) is 2.89. The normalized spacial score (nSPS) is 17.3. The minimum atomic E-state index is -1.09. The van der Waals surface area contributed by atoms with Crippen LogP contribution in [0, 0.1) is 5.82 Å². The Balaban J connectivity index is 1.66. The van der Waals surface area contributed by atoms with Crippen molar-refractivity contribution < 1.29 is 24.2 Å². The van der Waals surface area contributed by atoms with Gasteiger partial charge in [-0.05, 0) is 36.1 Å². The molecule has 2 aromatic carbocycles. The van der Waals surface area contributed by atoms with Crippen molar-refractivity contribution >= 4 is 11.9 Å².